The van der Waals surface area contributed by atoms with E-state index in [1.807, 2.05) is 24.3 Å². The van der Waals surface area contributed by atoms with Crippen LogP contribution in [0.25, 0.3) is 21.5 Å². The maximum absolute atomic E-state index is 12.0. The maximum atomic E-state index is 12.0. The highest BCUT2D eigenvalue weighted by Crippen LogP contribution is 2.27. The van der Waals surface area contributed by atoms with Crippen molar-refractivity contribution in [3.05, 3.63) is 65.2 Å². The highest BCUT2D eigenvalue weighted by atomic mass is 32.1. The van der Waals surface area contributed by atoms with Crippen LogP contribution in [0.4, 0.5) is 5.13 Å². The quantitative estimate of drug-likeness (QED) is 0.332. The molecule has 1 heterocycles. The number of nitrogen functional groups attached to an aromatic ring is 1. The third kappa shape index (κ3) is 3.25. The van der Waals surface area contributed by atoms with Crippen LogP contribution in [0.1, 0.15) is 10.6 Å². The van der Waals surface area contributed by atoms with Gasteiger partial charge in [0.15, 0.2) is 0 Å². The molecule has 1 amide bonds. The Morgan fingerprint density at radius 3 is 2.35 bits per heavy atom. The maximum Gasteiger partial charge on any atom is 0.247 e. The SMILES string of the molecule is Nc1nnc(CC(=O)NN=Cc2c3ccccc3cc3ccccc23)s1. The van der Waals surface area contributed by atoms with E-state index in [0.717, 1.165) is 27.1 Å². The van der Waals surface area contributed by atoms with Crippen molar-refractivity contribution in [2.75, 3.05) is 5.73 Å². The van der Waals surface area contributed by atoms with Crippen LogP contribution in [0, 0.1) is 0 Å². The Kier molecular flexibility index (Phi) is 4.28. The summed E-state index contributed by atoms with van der Waals surface area (Å²) in [4.78, 5) is 12.0. The Hall–Kier alpha value is -3.32. The lowest BCUT2D eigenvalue weighted by atomic mass is 9.97. The summed E-state index contributed by atoms with van der Waals surface area (Å²) in [6.07, 6.45) is 1.79. The first-order valence-corrected chi connectivity index (χ1v) is 8.82. The summed E-state index contributed by atoms with van der Waals surface area (Å²) in [6.45, 7) is 0. The third-order valence-corrected chi connectivity index (χ3v) is 4.74. The van der Waals surface area contributed by atoms with E-state index in [1.54, 1.807) is 6.21 Å². The van der Waals surface area contributed by atoms with Gasteiger partial charge < -0.3 is 5.73 Å². The van der Waals surface area contributed by atoms with Gasteiger partial charge in [0, 0.05) is 5.56 Å². The van der Waals surface area contributed by atoms with Crippen molar-refractivity contribution in [2.45, 2.75) is 6.42 Å². The lowest BCUT2D eigenvalue weighted by molar-refractivity contribution is -0.120. The van der Waals surface area contributed by atoms with Gasteiger partial charge in [-0.15, -0.1) is 10.2 Å². The number of carbonyl (C=O) groups excluding carboxylic acids is 1. The molecule has 3 N–H and O–H groups in total. The molecule has 3 aromatic carbocycles. The van der Waals surface area contributed by atoms with Crippen molar-refractivity contribution in [3.63, 3.8) is 0 Å². The fraction of sp³-hybridized carbons (Fsp3) is 0.0526. The molecule has 0 spiro atoms. The van der Waals surface area contributed by atoms with E-state index in [1.165, 1.54) is 11.3 Å². The zero-order valence-corrected chi connectivity index (χ0v) is 14.5. The number of nitrogens with two attached hydrogens (primary N) is 1. The van der Waals surface area contributed by atoms with Crippen LogP contribution in [-0.4, -0.2) is 22.3 Å². The molecule has 0 saturated carbocycles. The van der Waals surface area contributed by atoms with Crippen molar-refractivity contribution in [1.29, 1.82) is 0 Å². The number of hydrogen-bond acceptors (Lipinski definition) is 6. The second-order valence-corrected chi connectivity index (χ2v) is 6.83. The van der Waals surface area contributed by atoms with Gasteiger partial charge in [0.05, 0.1) is 12.6 Å². The molecule has 7 heteroatoms. The number of carbonyl (C=O) groups is 1. The average molecular weight is 361 g/mol. The molecule has 0 radical (unpaired) electrons. The highest BCUT2D eigenvalue weighted by Gasteiger charge is 2.08. The van der Waals surface area contributed by atoms with Gasteiger partial charge in [-0.2, -0.15) is 5.10 Å². The van der Waals surface area contributed by atoms with Gasteiger partial charge in [-0.3, -0.25) is 4.79 Å². The van der Waals surface area contributed by atoms with Crippen molar-refractivity contribution in [3.8, 4) is 0 Å². The Morgan fingerprint density at radius 2 is 1.73 bits per heavy atom. The summed E-state index contributed by atoms with van der Waals surface area (Å²) in [5.41, 5.74) is 9.04. The van der Waals surface area contributed by atoms with E-state index in [0.29, 0.717) is 10.1 Å². The first kappa shape index (κ1) is 16.2. The van der Waals surface area contributed by atoms with Gasteiger partial charge in [0.1, 0.15) is 5.01 Å². The van der Waals surface area contributed by atoms with Crippen LogP contribution < -0.4 is 11.2 Å². The van der Waals surface area contributed by atoms with Crippen molar-refractivity contribution >= 4 is 50.1 Å². The van der Waals surface area contributed by atoms with E-state index in [2.05, 4.69) is 51.1 Å². The molecule has 1 aromatic heterocycles. The molecule has 0 bridgehead atoms. The molecule has 0 fully saturated rings. The molecule has 0 aliphatic carbocycles. The average Bonchev–Trinajstić information content (AvgIpc) is 3.05. The number of nitrogens with one attached hydrogen (secondary N) is 1. The summed E-state index contributed by atoms with van der Waals surface area (Å²) in [5.74, 6) is -0.262. The predicted octanol–water partition coefficient (Wildman–Crippen LogP) is 3.12. The molecule has 6 nitrogen and oxygen atoms in total. The molecule has 26 heavy (non-hydrogen) atoms. The van der Waals surface area contributed by atoms with Gasteiger partial charge in [-0.1, -0.05) is 59.9 Å². The molecule has 128 valence electrons. The molecule has 4 rings (SSSR count). The molecule has 4 aromatic rings. The van der Waals surface area contributed by atoms with Gasteiger partial charge in [0.2, 0.25) is 11.0 Å². The van der Waals surface area contributed by atoms with Crippen molar-refractivity contribution < 1.29 is 4.79 Å². The Morgan fingerprint density at radius 1 is 1.08 bits per heavy atom. The van der Waals surface area contributed by atoms with E-state index in [4.69, 9.17) is 5.73 Å². The van der Waals surface area contributed by atoms with Crippen LogP contribution in [0.2, 0.25) is 0 Å². The monoisotopic (exact) mass is 361 g/mol. The summed E-state index contributed by atoms with van der Waals surface area (Å²) < 4.78 is 0. The largest absolute Gasteiger partial charge is 0.374 e. The molecule has 0 aliphatic rings. The normalized spacial score (nSPS) is 11.4. The number of rotatable bonds is 4. The molecule has 0 atom stereocenters. The number of fused-ring (bicyclic) bond motifs is 2. The van der Waals surface area contributed by atoms with Crippen LogP contribution in [0.15, 0.2) is 59.7 Å². The topological polar surface area (TPSA) is 93.3 Å². The van der Waals surface area contributed by atoms with E-state index in [-0.39, 0.29) is 12.3 Å². The number of aromatic nitrogens is 2. The lowest BCUT2D eigenvalue weighted by Gasteiger charge is -2.07. The van der Waals surface area contributed by atoms with Crippen LogP contribution in [-0.2, 0) is 11.2 Å². The highest BCUT2D eigenvalue weighted by molar-refractivity contribution is 7.15. The minimum Gasteiger partial charge on any atom is -0.374 e. The summed E-state index contributed by atoms with van der Waals surface area (Å²) >= 11 is 1.19. The number of hydrogen-bond donors (Lipinski definition) is 2. The Bertz CT molecular complexity index is 1080. The van der Waals surface area contributed by atoms with E-state index in [9.17, 15) is 4.79 Å². The van der Waals surface area contributed by atoms with Crippen LogP contribution in [0.3, 0.4) is 0 Å². The zero-order valence-electron chi connectivity index (χ0n) is 13.7. The first-order valence-electron chi connectivity index (χ1n) is 8.01. The van der Waals surface area contributed by atoms with Crippen molar-refractivity contribution in [1.82, 2.24) is 15.6 Å². The van der Waals surface area contributed by atoms with Crippen molar-refractivity contribution in [2.24, 2.45) is 5.10 Å². The van der Waals surface area contributed by atoms with Crippen LogP contribution >= 0.6 is 11.3 Å². The molecular formula is C19H15N5OS. The first-order chi connectivity index (χ1) is 12.7. The minimum atomic E-state index is -0.262. The number of anilines is 1. The smallest absolute Gasteiger partial charge is 0.247 e. The fourth-order valence-corrected chi connectivity index (χ4v) is 3.48. The molecule has 0 saturated heterocycles. The lowest BCUT2D eigenvalue weighted by Crippen LogP contribution is -2.19. The third-order valence-electron chi connectivity index (χ3n) is 3.99. The van der Waals surface area contributed by atoms with Gasteiger partial charge in [0.25, 0.3) is 0 Å². The fourth-order valence-electron chi connectivity index (χ4n) is 2.87. The number of hydrazone groups is 1. The Labute approximate surface area is 153 Å². The van der Waals surface area contributed by atoms with Gasteiger partial charge in [-0.05, 0) is 27.6 Å². The molecule has 0 aliphatic heterocycles. The number of benzene rings is 3. The van der Waals surface area contributed by atoms with E-state index >= 15 is 0 Å². The minimum absolute atomic E-state index is 0.0997. The Balaban J connectivity index is 1.62. The van der Waals surface area contributed by atoms with Gasteiger partial charge in [-0.25, -0.2) is 5.43 Å². The summed E-state index contributed by atoms with van der Waals surface area (Å²) in [7, 11) is 0. The zero-order chi connectivity index (χ0) is 17.9. The predicted molar refractivity (Wildman–Crippen MR) is 105 cm³/mol. The number of amides is 1. The second-order valence-electron chi connectivity index (χ2n) is 5.74. The van der Waals surface area contributed by atoms with E-state index < -0.39 is 0 Å². The summed E-state index contributed by atoms with van der Waals surface area (Å²) in [6, 6.07) is 18.4. The standard InChI is InChI=1S/C19H15N5OS/c20-19-24-23-18(26-19)10-17(25)22-21-11-16-14-7-3-1-5-12(14)9-13-6-2-4-8-15(13)16/h1-9,11H,10H2,(H2,20,24)(H,22,25). The summed E-state index contributed by atoms with van der Waals surface area (Å²) in [5, 5.41) is 17.0. The molecular weight excluding hydrogens is 346 g/mol. The van der Waals surface area contributed by atoms with Gasteiger partial charge >= 0.3 is 0 Å². The number of nitrogens with zero attached hydrogens (tertiary/aromatic N) is 3. The molecule has 0 unspecified atom stereocenters. The van der Waals surface area contributed by atoms with Crippen LogP contribution in [0.5, 0.6) is 0 Å². The second kappa shape index (κ2) is 6.89.